The predicted octanol–water partition coefficient (Wildman–Crippen LogP) is -3.63. The Morgan fingerprint density at radius 2 is 2.14 bits per heavy atom. The second kappa shape index (κ2) is 6.57. The first-order chi connectivity index (χ1) is 10.2. The van der Waals surface area contributed by atoms with Crippen molar-refractivity contribution in [3.05, 3.63) is 23.9 Å². The van der Waals surface area contributed by atoms with Crippen molar-refractivity contribution in [3.8, 4) is 0 Å². The number of allylic oxidation sites excluding steroid dienone is 2. The third kappa shape index (κ3) is 4.00. The van der Waals surface area contributed by atoms with E-state index < -0.39 is 44.9 Å². The van der Waals surface area contributed by atoms with E-state index in [2.05, 4.69) is 4.52 Å². The van der Waals surface area contributed by atoms with Gasteiger partial charge in [-0.1, -0.05) is 0 Å². The van der Waals surface area contributed by atoms with E-state index in [0.717, 1.165) is 0 Å². The highest BCUT2D eigenvalue weighted by atomic mass is 31.2. The van der Waals surface area contributed by atoms with Crippen LogP contribution in [0.25, 0.3) is 0 Å². The second-order valence-corrected chi connectivity index (χ2v) is 6.27. The number of aliphatic hydroxyl groups excluding tert-OH is 2. The van der Waals surface area contributed by atoms with Crippen molar-refractivity contribution in [2.24, 2.45) is 5.73 Å². The van der Waals surface area contributed by atoms with Crippen molar-refractivity contribution >= 4 is 13.7 Å². The molecule has 124 valence electrons. The Labute approximate surface area is 125 Å². The van der Waals surface area contributed by atoms with Crippen LogP contribution in [0.5, 0.6) is 0 Å². The molecule has 0 radical (unpaired) electrons. The number of primary amides is 1. The van der Waals surface area contributed by atoms with Gasteiger partial charge in [0, 0.05) is 0 Å². The first-order valence-electron chi connectivity index (χ1n) is 6.43. The molecule has 7 N–H and O–H groups in total. The van der Waals surface area contributed by atoms with Crippen molar-refractivity contribution in [1.82, 2.24) is 0 Å². The van der Waals surface area contributed by atoms with Crippen molar-refractivity contribution in [1.29, 1.82) is 0 Å². The number of quaternary nitrogens is 1. The van der Waals surface area contributed by atoms with E-state index in [1.165, 1.54) is 6.08 Å². The second-order valence-electron chi connectivity index (χ2n) is 5.03. The minimum atomic E-state index is -4.70. The SMILES string of the molecule is NC(=O)C1=CC=C[NH+]([C@@H]2O[C@H](COP(=O)(O)O)[C@@H](O)[C@H]2O)C1. The van der Waals surface area contributed by atoms with E-state index in [0.29, 0.717) is 10.5 Å². The van der Waals surface area contributed by atoms with Gasteiger partial charge in [-0.25, -0.2) is 4.57 Å². The van der Waals surface area contributed by atoms with E-state index in [1.807, 2.05) is 0 Å². The van der Waals surface area contributed by atoms with Gasteiger partial charge in [0.1, 0.15) is 18.8 Å². The molecular weight excluding hydrogens is 319 g/mol. The molecule has 11 heteroatoms. The number of carbonyl (C=O) groups excluding carboxylic acids is 1. The van der Waals surface area contributed by atoms with Crippen LogP contribution in [0, 0.1) is 0 Å². The van der Waals surface area contributed by atoms with Gasteiger partial charge in [0.05, 0.1) is 18.4 Å². The fraction of sp³-hybridized carbons (Fsp3) is 0.545. The van der Waals surface area contributed by atoms with Gasteiger partial charge in [0.25, 0.3) is 0 Å². The van der Waals surface area contributed by atoms with Crippen molar-refractivity contribution < 1.29 is 43.5 Å². The van der Waals surface area contributed by atoms with E-state index in [4.69, 9.17) is 20.3 Å². The molecular formula is C11H18N2O8P+. The largest absolute Gasteiger partial charge is 0.469 e. The van der Waals surface area contributed by atoms with Crippen LogP contribution >= 0.6 is 7.82 Å². The molecule has 2 aliphatic heterocycles. The maximum Gasteiger partial charge on any atom is 0.469 e. The summed E-state index contributed by atoms with van der Waals surface area (Å²) in [6.45, 7) is -0.416. The highest BCUT2D eigenvalue weighted by Crippen LogP contribution is 2.36. The van der Waals surface area contributed by atoms with Gasteiger partial charge in [-0.05, 0) is 12.2 Å². The Kier molecular flexibility index (Phi) is 5.15. The molecule has 10 nitrogen and oxygen atoms in total. The zero-order chi connectivity index (χ0) is 16.5. The molecule has 1 unspecified atom stereocenters. The molecule has 1 fully saturated rings. The van der Waals surface area contributed by atoms with E-state index in [-0.39, 0.29) is 6.54 Å². The summed E-state index contributed by atoms with van der Waals surface area (Å²) in [6.07, 6.45) is 0.0340. The predicted molar refractivity (Wildman–Crippen MR) is 70.9 cm³/mol. The van der Waals surface area contributed by atoms with Crippen LogP contribution in [0.2, 0.25) is 0 Å². The highest BCUT2D eigenvalue weighted by Gasteiger charge is 2.49. The summed E-state index contributed by atoms with van der Waals surface area (Å²) in [4.78, 5) is 29.0. The van der Waals surface area contributed by atoms with Gasteiger partial charge in [-0.2, -0.15) is 0 Å². The van der Waals surface area contributed by atoms with Gasteiger partial charge in [0.2, 0.25) is 12.1 Å². The average Bonchev–Trinajstić information content (AvgIpc) is 2.72. The van der Waals surface area contributed by atoms with Gasteiger partial charge >= 0.3 is 7.82 Å². The lowest BCUT2D eigenvalue weighted by Gasteiger charge is -2.25. The molecule has 5 atom stereocenters. The lowest BCUT2D eigenvalue weighted by atomic mass is 10.1. The lowest BCUT2D eigenvalue weighted by Crippen LogP contribution is -3.13. The molecule has 2 heterocycles. The van der Waals surface area contributed by atoms with Gasteiger partial charge in [-0.3, -0.25) is 14.2 Å². The molecule has 0 bridgehead atoms. The number of nitrogens with one attached hydrogen (secondary N) is 1. The maximum atomic E-state index is 11.2. The number of carbonyl (C=O) groups is 1. The first-order valence-corrected chi connectivity index (χ1v) is 7.96. The molecule has 22 heavy (non-hydrogen) atoms. The molecule has 0 saturated carbocycles. The Morgan fingerprint density at radius 1 is 1.45 bits per heavy atom. The summed E-state index contributed by atoms with van der Waals surface area (Å²) in [5.74, 6) is -0.601. The number of nitrogens with two attached hydrogens (primary N) is 1. The van der Waals surface area contributed by atoms with Crippen LogP contribution in [0.4, 0.5) is 0 Å². The third-order valence-electron chi connectivity index (χ3n) is 3.45. The Bertz CT molecular complexity index is 544. The van der Waals surface area contributed by atoms with Crippen LogP contribution in [-0.4, -0.2) is 63.6 Å². The Hall–Kier alpha value is -1.10. The quantitative estimate of drug-likeness (QED) is 0.280. The fourth-order valence-corrected chi connectivity index (χ4v) is 2.69. The minimum absolute atomic E-state index is 0.159. The van der Waals surface area contributed by atoms with Crippen LogP contribution in [0.3, 0.4) is 0 Å². The number of hydrogen-bond donors (Lipinski definition) is 6. The Morgan fingerprint density at radius 3 is 2.73 bits per heavy atom. The smallest absolute Gasteiger partial charge is 0.387 e. The van der Waals surface area contributed by atoms with Crippen LogP contribution in [-0.2, 0) is 18.6 Å². The first kappa shape index (κ1) is 17.3. The van der Waals surface area contributed by atoms with Gasteiger partial charge < -0.3 is 30.5 Å². The van der Waals surface area contributed by atoms with Crippen LogP contribution in [0.15, 0.2) is 23.9 Å². The third-order valence-corrected chi connectivity index (χ3v) is 3.94. The van der Waals surface area contributed by atoms with Crippen LogP contribution < -0.4 is 10.6 Å². The average molecular weight is 337 g/mol. The minimum Gasteiger partial charge on any atom is -0.387 e. The highest BCUT2D eigenvalue weighted by molar-refractivity contribution is 7.46. The zero-order valence-electron chi connectivity index (χ0n) is 11.4. The number of ether oxygens (including phenoxy) is 1. The standard InChI is InChI=1S/C11H17N2O8P/c12-10(16)6-2-1-3-13(4-6)11-9(15)8(14)7(21-11)5-20-22(17,18)19/h1-3,7-9,11,14-15H,4-5H2,(H2,12,16)(H2,17,18,19)/p+1/t7-,8-,9-,11-/m1/s1. The monoisotopic (exact) mass is 337 g/mol. The summed E-state index contributed by atoms with van der Waals surface area (Å²) < 4.78 is 20.4. The normalized spacial score (nSPS) is 35.5. The number of hydrogen-bond acceptors (Lipinski definition) is 6. The molecule has 0 aromatic rings. The molecule has 1 saturated heterocycles. The number of rotatable bonds is 5. The molecule has 2 aliphatic rings. The summed E-state index contributed by atoms with van der Waals surface area (Å²) >= 11 is 0. The maximum absolute atomic E-state index is 11.2. The fourth-order valence-electron chi connectivity index (χ4n) is 2.35. The molecule has 0 aliphatic carbocycles. The van der Waals surface area contributed by atoms with Crippen molar-refractivity contribution in [3.63, 3.8) is 0 Å². The molecule has 0 spiro atoms. The van der Waals surface area contributed by atoms with Gasteiger partial charge in [0.15, 0.2) is 6.10 Å². The summed E-state index contributed by atoms with van der Waals surface area (Å²) in [5, 5.41) is 19.9. The van der Waals surface area contributed by atoms with E-state index in [9.17, 15) is 19.6 Å². The van der Waals surface area contributed by atoms with Crippen molar-refractivity contribution in [2.45, 2.75) is 24.5 Å². The number of phosphoric ester groups is 1. The number of phosphoric acid groups is 1. The van der Waals surface area contributed by atoms with Crippen molar-refractivity contribution in [2.75, 3.05) is 13.2 Å². The summed E-state index contributed by atoms with van der Waals surface area (Å²) in [6, 6.07) is 0. The summed E-state index contributed by atoms with van der Waals surface area (Å²) in [5.41, 5.74) is 5.53. The van der Waals surface area contributed by atoms with E-state index in [1.54, 1.807) is 12.3 Å². The van der Waals surface area contributed by atoms with Gasteiger partial charge in [-0.15, -0.1) is 0 Å². The number of amides is 1. The molecule has 0 aromatic heterocycles. The molecule has 0 aromatic carbocycles. The van der Waals surface area contributed by atoms with Crippen LogP contribution in [0.1, 0.15) is 0 Å². The topological polar surface area (TPSA) is 164 Å². The Balaban J connectivity index is 2.01. The summed E-state index contributed by atoms with van der Waals surface area (Å²) in [7, 11) is -4.70. The van der Waals surface area contributed by atoms with E-state index >= 15 is 0 Å². The molecule has 2 rings (SSSR count). The lowest BCUT2D eigenvalue weighted by molar-refractivity contribution is -0.898. The molecule has 1 amide bonds. The zero-order valence-corrected chi connectivity index (χ0v) is 12.3. The number of aliphatic hydroxyl groups is 2.